The summed E-state index contributed by atoms with van der Waals surface area (Å²) in [5.41, 5.74) is -0.195. The zero-order valence-electron chi connectivity index (χ0n) is 14.2. The summed E-state index contributed by atoms with van der Waals surface area (Å²) in [6, 6.07) is 4.31. The number of halogens is 3. The molecule has 0 aliphatic carbocycles. The Balaban J connectivity index is 2.25. The molecule has 1 aromatic carbocycles. The van der Waals surface area contributed by atoms with Crippen LogP contribution in [0.3, 0.4) is 0 Å². The van der Waals surface area contributed by atoms with Crippen molar-refractivity contribution >= 4 is 17.4 Å². The Bertz CT molecular complexity index is 789. The third-order valence-electron chi connectivity index (χ3n) is 3.44. The molecular formula is C17H20F3N3OS. The number of urea groups is 1. The van der Waals surface area contributed by atoms with Crippen LogP contribution < -0.4 is 10.1 Å². The van der Waals surface area contributed by atoms with Crippen LogP contribution in [0.4, 0.5) is 18.0 Å². The zero-order chi connectivity index (χ0) is 18.6. The number of carbonyl (C=O) groups excluding carboxylic acids is 1. The molecule has 0 aliphatic rings. The fourth-order valence-electron chi connectivity index (χ4n) is 2.12. The molecule has 25 heavy (non-hydrogen) atoms. The number of nitrogens with zero attached hydrogens (tertiary/aromatic N) is 2. The molecule has 2 aromatic rings. The number of nitrogens with one attached hydrogen (secondary N) is 1. The van der Waals surface area contributed by atoms with Crippen LogP contribution in [0.15, 0.2) is 35.5 Å². The van der Waals surface area contributed by atoms with Crippen LogP contribution in [-0.4, -0.2) is 17.1 Å². The Morgan fingerprint density at radius 3 is 2.48 bits per heavy atom. The van der Waals surface area contributed by atoms with E-state index in [0.717, 1.165) is 23.4 Å². The molecule has 0 saturated carbocycles. The Morgan fingerprint density at radius 1 is 1.28 bits per heavy atom. The Morgan fingerprint density at radius 2 is 1.92 bits per heavy atom. The van der Waals surface area contributed by atoms with Crippen LogP contribution in [0.1, 0.15) is 30.7 Å². The predicted octanol–water partition coefficient (Wildman–Crippen LogP) is 4.52. The average Bonchev–Trinajstić information content (AvgIpc) is 2.86. The standard InChI is InChI=1S/C17H20F3N3OS/c1-11(2)8-9-21-15(24)22-16-23(10-12(3)25-16)14-6-4-13(5-7-14)17(18,19)20/h4-7,10-11H,8-9H2,1-3H3,(H,21,24). The molecule has 0 atom stereocenters. The SMILES string of the molecule is Cc1cn(-c2ccc(C(F)(F)F)cc2)c(=NC(=O)NCCC(C)C)s1. The highest BCUT2D eigenvalue weighted by Crippen LogP contribution is 2.29. The fourth-order valence-corrected chi connectivity index (χ4v) is 2.95. The second-order valence-electron chi connectivity index (χ2n) is 6.07. The van der Waals surface area contributed by atoms with Gasteiger partial charge in [0, 0.05) is 23.3 Å². The van der Waals surface area contributed by atoms with E-state index in [9.17, 15) is 18.0 Å². The highest BCUT2D eigenvalue weighted by molar-refractivity contribution is 7.09. The van der Waals surface area contributed by atoms with Crippen LogP contribution in [0.2, 0.25) is 0 Å². The van der Waals surface area contributed by atoms with Crippen LogP contribution in [-0.2, 0) is 6.18 Å². The number of hydrogen-bond acceptors (Lipinski definition) is 2. The van der Waals surface area contributed by atoms with Crippen molar-refractivity contribution in [2.24, 2.45) is 10.9 Å². The summed E-state index contributed by atoms with van der Waals surface area (Å²) in [5.74, 6) is 0.473. The first-order valence-corrected chi connectivity index (χ1v) is 8.67. The van der Waals surface area contributed by atoms with Crippen molar-refractivity contribution in [3.8, 4) is 5.69 Å². The molecule has 2 amide bonds. The molecule has 0 fully saturated rings. The number of alkyl halides is 3. The van der Waals surface area contributed by atoms with E-state index in [1.807, 2.05) is 6.92 Å². The first-order valence-electron chi connectivity index (χ1n) is 7.86. The second kappa shape index (κ2) is 7.86. The number of amides is 2. The molecule has 0 radical (unpaired) electrons. The number of hydrogen-bond donors (Lipinski definition) is 1. The van der Waals surface area contributed by atoms with E-state index in [2.05, 4.69) is 24.2 Å². The van der Waals surface area contributed by atoms with Gasteiger partial charge in [-0.2, -0.15) is 18.2 Å². The summed E-state index contributed by atoms with van der Waals surface area (Å²) >= 11 is 1.30. The number of benzene rings is 1. The molecular weight excluding hydrogens is 351 g/mol. The van der Waals surface area contributed by atoms with Gasteiger partial charge < -0.3 is 5.32 Å². The normalized spacial score (nSPS) is 12.7. The van der Waals surface area contributed by atoms with Crippen LogP contribution in [0.5, 0.6) is 0 Å². The molecule has 0 spiro atoms. The molecule has 2 rings (SSSR count). The molecule has 136 valence electrons. The lowest BCUT2D eigenvalue weighted by molar-refractivity contribution is -0.137. The van der Waals surface area contributed by atoms with Crippen molar-refractivity contribution in [2.75, 3.05) is 6.54 Å². The number of carbonyl (C=O) groups is 1. The minimum atomic E-state index is -4.38. The van der Waals surface area contributed by atoms with Crippen molar-refractivity contribution in [1.82, 2.24) is 9.88 Å². The summed E-state index contributed by atoms with van der Waals surface area (Å²) < 4.78 is 39.6. The number of aromatic nitrogens is 1. The minimum absolute atomic E-state index is 0.416. The van der Waals surface area contributed by atoms with Gasteiger partial charge in [0.25, 0.3) is 0 Å². The lowest BCUT2D eigenvalue weighted by atomic mass is 10.1. The van der Waals surface area contributed by atoms with Crippen molar-refractivity contribution in [1.29, 1.82) is 0 Å². The van der Waals surface area contributed by atoms with Gasteiger partial charge in [-0.05, 0) is 43.5 Å². The molecule has 0 unspecified atom stereocenters. The number of aryl methyl sites for hydroxylation is 1. The highest BCUT2D eigenvalue weighted by Gasteiger charge is 2.30. The van der Waals surface area contributed by atoms with Gasteiger partial charge in [0.2, 0.25) is 0 Å². The predicted molar refractivity (Wildman–Crippen MR) is 91.8 cm³/mol. The van der Waals surface area contributed by atoms with Crippen molar-refractivity contribution in [2.45, 2.75) is 33.4 Å². The van der Waals surface area contributed by atoms with Crippen LogP contribution in [0.25, 0.3) is 5.69 Å². The number of thiazole rings is 1. The third kappa shape index (κ3) is 5.45. The highest BCUT2D eigenvalue weighted by atomic mass is 32.1. The van der Waals surface area contributed by atoms with E-state index in [1.54, 1.807) is 10.8 Å². The largest absolute Gasteiger partial charge is 0.416 e. The maximum Gasteiger partial charge on any atom is 0.416 e. The smallest absolute Gasteiger partial charge is 0.336 e. The van der Waals surface area contributed by atoms with Gasteiger partial charge in [-0.1, -0.05) is 13.8 Å². The quantitative estimate of drug-likeness (QED) is 0.844. The van der Waals surface area contributed by atoms with Gasteiger partial charge in [0.1, 0.15) is 0 Å². The summed E-state index contributed by atoms with van der Waals surface area (Å²) in [5, 5.41) is 2.72. The Kier molecular flexibility index (Phi) is 6.05. The number of rotatable bonds is 4. The van der Waals surface area contributed by atoms with E-state index in [-0.39, 0.29) is 0 Å². The third-order valence-corrected chi connectivity index (χ3v) is 4.34. The summed E-state index contributed by atoms with van der Waals surface area (Å²) in [4.78, 5) is 17.3. The van der Waals surface area contributed by atoms with E-state index in [0.29, 0.717) is 23.0 Å². The second-order valence-corrected chi connectivity index (χ2v) is 7.28. The summed E-state index contributed by atoms with van der Waals surface area (Å²) in [6.07, 6.45) is -1.78. The van der Waals surface area contributed by atoms with E-state index < -0.39 is 17.8 Å². The topological polar surface area (TPSA) is 46.4 Å². The molecule has 1 N–H and O–H groups in total. The molecule has 8 heteroatoms. The van der Waals surface area contributed by atoms with E-state index in [1.165, 1.54) is 23.5 Å². The van der Waals surface area contributed by atoms with Crippen molar-refractivity contribution in [3.63, 3.8) is 0 Å². The lowest BCUT2D eigenvalue weighted by Gasteiger charge is -2.08. The average molecular weight is 371 g/mol. The molecule has 4 nitrogen and oxygen atoms in total. The van der Waals surface area contributed by atoms with Gasteiger partial charge in [-0.25, -0.2) is 4.79 Å². The minimum Gasteiger partial charge on any atom is -0.336 e. The fraction of sp³-hybridized carbons (Fsp3) is 0.412. The van der Waals surface area contributed by atoms with Crippen molar-refractivity contribution in [3.05, 3.63) is 45.7 Å². The first-order chi connectivity index (χ1) is 11.7. The molecule has 0 bridgehead atoms. The van der Waals surface area contributed by atoms with E-state index in [4.69, 9.17) is 0 Å². The van der Waals surface area contributed by atoms with Crippen LogP contribution in [0, 0.1) is 12.8 Å². The monoisotopic (exact) mass is 371 g/mol. The van der Waals surface area contributed by atoms with Crippen molar-refractivity contribution < 1.29 is 18.0 Å². The molecule has 0 saturated heterocycles. The van der Waals surface area contributed by atoms with Crippen LogP contribution >= 0.6 is 11.3 Å². The van der Waals surface area contributed by atoms with Gasteiger partial charge in [-0.3, -0.25) is 4.57 Å². The van der Waals surface area contributed by atoms with Gasteiger partial charge in [0.15, 0.2) is 4.80 Å². The Labute approximate surface area is 148 Å². The first kappa shape index (κ1) is 19.2. The maximum atomic E-state index is 12.7. The molecule has 0 aliphatic heterocycles. The molecule has 1 aromatic heterocycles. The zero-order valence-corrected chi connectivity index (χ0v) is 15.0. The summed E-state index contributed by atoms with van der Waals surface area (Å²) in [6.45, 7) is 6.50. The van der Waals surface area contributed by atoms with Gasteiger partial charge in [-0.15, -0.1) is 11.3 Å². The van der Waals surface area contributed by atoms with Gasteiger partial charge >= 0.3 is 12.2 Å². The summed E-state index contributed by atoms with van der Waals surface area (Å²) in [7, 11) is 0. The van der Waals surface area contributed by atoms with Gasteiger partial charge in [0.05, 0.1) is 5.56 Å². The Hall–Kier alpha value is -2.09. The van der Waals surface area contributed by atoms with E-state index >= 15 is 0 Å². The maximum absolute atomic E-state index is 12.7. The lowest BCUT2D eigenvalue weighted by Crippen LogP contribution is -2.25. The molecule has 1 heterocycles.